The molecule has 0 aliphatic heterocycles. The number of anilines is 1. The molecule has 2 N–H and O–H groups in total. The van der Waals surface area contributed by atoms with Gasteiger partial charge < -0.3 is 10.1 Å². The Bertz CT molecular complexity index is 930. The van der Waals surface area contributed by atoms with Gasteiger partial charge in [-0.15, -0.1) is 0 Å². The van der Waals surface area contributed by atoms with Gasteiger partial charge >= 0.3 is 0 Å². The molecule has 0 unspecified atom stereocenters. The van der Waals surface area contributed by atoms with E-state index < -0.39 is 10.0 Å². The van der Waals surface area contributed by atoms with Gasteiger partial charge in [0.25, 0.3) is 5.91 Å². The Hall–Kier alpha value is -2.54. The normalized spacial score (nSPS) is 11.8. The van der Waals surface area contributed by atoms with Crippen molar-refractivity contribution in [3.8, 4) is 5.75 Å². The van der Waals surface area contributed by atoms with Crippen LogP contribution in [0.4, 0.5) is 5.69 Å². The highest BCUT2D eigenvalue weighted by Crippen LogP contribution is 2.24. The predicted octanol–water partition coefficient (Wildman–Crippen LogP) is 3.47. The van der Waals surface area contributed by atoms with Crippen LogP contribution in [0.25, 0.3) is 0 Å². The Morgan fingerprint density at radius 1 is 1.07 bits per heavy atom. The van der Waals surface area contributed by atoms with Crippen molar-refractivity contribution in [3.05, 3.63) is 59.2 Å². The van der Waals surface area contributed by atoms with Crippen molar-refractivity contribution in [2.45, 2.75) is 33.1 Å². The minimum absolute atomic E-state index is 0.0887. The van der Waals surface area contributed by atoms with Gasteiger partial charge in [-0.25, -0.2) is 8.42 Å². The monoisotopic (exact) mass is 404 g/mol. The Morgan fingerprint density at radius 2 is 1.71 bits per heavy atom. The zero-order valence-corrected chi connectivity index (χ0v) is 17.8. The number of carbonyl (C=O) groups is 1. The molecule has 0 saturated carbocycles. The lowest BCUT2D eigenvalue weighted by atomic mass is 9.87. The molecule has 0 aliphatic rings. The molecular weight excluding hydrogens is 376 g/mol. The van der Waals surface area contributed by atoms with Crippen LogP contribution in [-0.4, -0.2) is 33.7 Å². The molecule has 0 atom stereocenters. The van der Waals surface area contributed by atoms with E-state index in [4.69, 9.17) is 4.74 Å². The zero-order valence-electron chi connectivity index (χ0n) is 17.0. The predicted molar refractivity (Wildman–Crippen MR) is 113 cm³/mol. The standard InChI is InChI=1S/C21H28N2O4S/c1-15-6-7-16(14-19(15)23-28(5,25)26)20(24)22-12-13-27-18-10-8-17(9-11-18)21(2,3)4/h6-11,14,23H,12-13H2,1-5H3,(H,22,24). The smallest absolute Gasteiger partial charge is 0.251 e. The van der Waals surface area contributed by atoms with Crippen molar-refractivity contribution in [2.24, 2.45) is 0 Å². The minimum Gasteiger partial charge on any atom is -0.492 e. The molecule has 0 fully saturated rings. The summed E-state index contributed by atoms with van der Waals surface area (Å²) in [5.74, 6) is 0.459. The van der Waals surface area contributed by atoms with Gasteiger partial charge in [-0.05, 0) is 47.7 Å². The van der Waals surface area contributed by atoms with E-state index in [0.29, 0.717) is 24.4 Å². The van der Waals surface area contributed by atoms with Crippen molar-refractivity contribution < 1.29 is 17.9 Å². The quantitative estimate of drug-likeness (QED) is 0.692. The second-order valence-corrected chi connectivity index (χ2v) is 9.53. The number of rotatable bonds is 7. The van der Waals surface area contributed by atoms with Crippen LogP contribution in [-0.2, 0) is 15.4 Å². The molecule has 6 nitrogen and oxygen atoms in total. The number of benzene rings is 2. The number of hydrogen-bond donors (Lipinski definition) is 2. The van der Waals surface area contributed by atoms with Gasteiger partial charge in [0.15, 0.2) is 0 Å². The molecule has 0 aromatic heterocycles. The highest BCUT2D eigenvalue weighted by molar-refractivity contribution is 7.92. The summed E-state index contributed by atoms with van der Waals surface area (Å²) in [5.41, 5.74) is 2.83. The van der Waals surface area contributed by atoms with Crippen molar-refractivity contribution in [1.29, 1.82) is 0 Å². The third-order valence-electron chi connectivity index (χ3n) is 4.17. The molecular formula is C21H28N2O4S. The van der Waals surface area contributed by atoms with Crippen molar-refractivity contribution in [2.75, 3.05) is 24.1 Å². The molecule has 7 heteroatoms. The number of ether oxygens (including phenoxy) is 1. The van der Waals surface area contributed by atoms with Crippen molar-refractivity contribution in [3.63, 3.8) is 0 Å². The van der Waals surface area contributed by atoms with E-state index in [9.17, 15) is 13.2 Å². The second kappa shape index (κ2) is 8.65. The first-order valence-corrected chi connectivity index (χ1v) is 10.9. The van der Waals surface area contributed by atoms with Crippen LogP contribution >= 0.6 is 0 Å². The Balaban J connectivity index is 1.88. The topological polar surface area (TPSA) is 84.5 Å². The largest absolute Gasteiger partial charge is 0.492 e. The van der Waals surface area contributed by atoms with E-state index in [1.807, 2.05) is 24.3 Å². The van der Waals surface area contributed by atoms with Gasteiger partial charge in [-0.1, -0.05) is 39.0 Å². The maximum Gasteiger partial charge on any atom is 0.251 e. The fraction of sp³-hybridized carbons (Fsp3) is 0.381. The van der Waals surface area contributed by atoms with E-state index >= 15 is 0 Å². The van der Waals surface area contributed by atoms with Crippen LogP contribution < -0.4 is 14.8 Å². The minimum atomic E-state index is -3.41. The molecule has 0 radical (unpaired) electrons. The summed E-state index contributed by atoms with van der Waals surface area (Å²) in [6, 6.07) is 12.8. The number of hydrogen-bond acceptors (Lipinski definition) is 4. The average Bonchev–Trinajstić information content (AvgIpc) is 2.59. The van der Waals surface area contributed by atoms with Gasteiger partial charge in [0.05, 0.1) is 18.5 Å². The first-order chi connectivity index (χ1) is 13.0. The number of nitrogens with one attached hydrogen (secondary N) is 2. The van der Waals surface area contributed by atoms with Crippen LogP contribution in [0.1, 0.15) is 42.3 Å². The van der Waals surface area contributed by atoms with E-state index in [1.165, 1.54) is 11.6 Å². The first-order valence-electron chi connectivity index (χ1n) is 9.06. The highest BCUT2D eigenvalue weighted by Gasteiger charge is 2.13. The molecule has 0 aliphatic carbocycles. The Labute approximate surface area is 167 Å². The molecule has 0 heterocycles. The summed E-state index contributed by atoms with van der Waals surface area (Å²) in [4.78, 5) is 12.3. The molecule has 152 valence electrons. The molecule has 2 rings (SSSR count). The number of sulfonamides is 1. The molecule has 0 saturated heterocycles. The maximum absolute atomic E-state index is 12.3. The first kappa shape index (κ1) is 21.8. The Morgan fingerprint density at radius 3 is 2.29 bits per heavy atom. The number of carbonyl (C=O) groups excluding carboxylic acids is 1. The number of amides is 1. The third kappa shape index (κ3) is 6.56. The number of aryl methyl sites for hydroxylation is 1. The SMILES string of the molecule is Cc1ccc(C(=O)NCCOc2ccc(C(C)(C)C)cc2)cc1NS(C)(=O)=O. The summed E-state index contributed by atoms with van der Waals surface area (Å²) in [7, 11) is -3.41. The molecule has 0 bridgehead atoms. The third-order valence-corrected chi connectivity index (χ3v) is 4.76. The summed E-state index contributed by atoms with van der Waals surface area (Å²) < 4.78 is 30.9. The average molecular weight is 405 g/mol. The van der Waals surface area contributed by atoms with Crippen LogP contribution in [0, 0.1) is 6.92 Å². The highest BCUT2D eigenvalue weighted by atomic mass is 32.2. The summed E-state index contributed by atoms with van der Waals surface area (Å²) in [6.45, 7) is 8.90. The van der Waals surface area contributed by atoms with Crippen molar-refractivity contribution >= 4 is 21.6 Å². The zero-order chi connectivity index (χ0) is 20.9. The fourth-order valence-corrected chi connectivity index (χ4v) is 3.18. The molecule has 0 spiro atoms. The van der Waals surface area contributed by atoms with Gasteiger partial charge in [0.2, 0.25) is 10.0 Å². The molecule has 2 aromatic carbocycles. The van der Waals surface area contributed by atoms with E-state index in [-0.39, 0.29) is 11.3 Å². The van der Waals surface area contributed by atoms with Gasteiger partial charge in [-0.2, -0.15) is 0 Å². The second-order valence-electron chi connectivity index (χ2n) is 7.78. The summed E-state index contributed by atoms with van der Waals surface area (Å²) in [6.07, 6.45) is 1.07. The van der Waals surface area contributed by atoms with Gasteiger partial charge in [0, 0.05) is 5.56 Å². The van der Waals surface area contributed by atoms with E-state index in [0.717, 1.165) is 17.6 Å². The lowest BCUT2D eigenvalue weighted by Gasteiger charge is -2.19. The van der Waals surface area contributed by atoms with Crippen LogP contribution in [0.15, 0.2) is 42.5 Å². The maximum atomic E-state index is 12.3. The van der Waals surface area contributed by atoms with E-state index in [1.54, 1.807) is 19.1 Å². The molecule has 28 heavy (non-hydrogen) atoms. The van der Waals surface area contributed by atoms with Crippen molar-refractivity contribution in [1.82, 2.24) is 5.32 Å². The lowest BCUT2D eigenvalue weighted by molar-refractivity contribution is 0.0947. The Kier molecular flexibility index (Phi) is 6.72. The fourth-order valence-electron chi connectivity index (χ4n) is 2.56. The van der Waals surface area contributed by atoms with Gasteiger partial charge in [0.1, 0.15) is 12.4 Å². The molecule has 2 aromatic rings. The lowest BCUT2D eigenvalue weighted by Crippen LogP contribution is -2.28. The molecule has 1 amide bonds. The summed E-state index contributed by atoms with van der Waals surface area (Å²) in [5, 5.41) is 2.77. The van der Waals surface area contributed by atoms with E-state index in [2.05, 4.69) is 30.8 Å². The van der Waals surface area contributed by atoms with Gasteiger partial charge in [-0.3, -0.25) is 9.52 Å². The van der Waals surface area contributed by atoms with Crippen LogP contribution in [0.3, 0.4) is 0 Å². The van der Waals surface area contributed by atoms with Crippen LogP contribution in [0.2, 0.25) is 0 Å². The van der Waals surface area contributed by atoms with Crippen LogP contribution in [0.5, 0.6) is 5.75 Å². The summed E-state index contributed by atoms with van der Waals surface area (Å²) >= 11 is 0.